The Morgan fingerprint density at radius 2 is 2.11 bits per heavy atom. The van der Waals surface area contributed by atoms with Gasteiger partial charge in [0.05, 0.1) is 6.61 Å². The van der Waals surface area contributed by atoms with Crippen LogP contribution in [0.25, 0.3) is 0 Å². The summed E-state index contributed by atoms with van der Waals surface area (Å²) in [6, 6.07) is 9.51. The number of methoxy groups -OCH3 is 1. The lowest BCUT2D eigenvalue weighted by Crippen LogP contribution is -2.38. The lowest BCUT2D eigenvalue weighted by molar-refractivity contribution is 0.138. The van der Waals surface area contributed by atoms with Crippen molar-refractivity contribution in [2.24, 2.45) is 0 Å². The molecule has 0 radical (unpaired) electrons. The number of rotatable bonds is 7. The fourth-order valence-corrected chi connectivity index (χ4v) is 2.63. The van der Waals surface area contributed by atoms with E-state index in [9.17, 15) is 0 Å². The van der Waals surface area contributed by atoms with Crippen molar-refractivity contribution in [1.29, 1.82) is 0 Å². The molecule has 0 aliphatic carbocycles. The first-order valence-corrected chi connectivity index (χ1v) is 7.28. The molecule has 0 aromatic heterocycles. The standard InChI is InChI=1S/C16H26N2O/c1-14-5-7-15(8-6-14)12-18(10-11-19-2)13-16-4-3-9-17-16/h5-8,16-17H,3-4,9-13H2,1-2H3. The SMILES string of the molecule is COCCN(Cc1ccc(C)cc1)CC1CCCN1. The first-order valence-electron chi connectivity index (χ1n) is 7.28. The van der Waals surface area contributed by atoms with Crippen LogP contribution in [0, 0.1) is 6.92 Å². The minimum atomic E-state index is 0.655. The summed E-state index contributed by atoms with van der Waals surface area (Å²) in [6.07, 6.45) is 2.62. The molecule has 0 amide bonds. The van der Waals surface area contributed by atoms with Crippen LogP contribution in [-0.4, -0.2) is 44.3 Å². The third-order valence-electron chi connectivity index (χ3n) is 3.78. The van der Waals surface area contributed by atoms with Crippen LogP contribution in [0.5, 0.6) is 0 Å². The molecule has 1 aromatic rings. The number of hydrogen-bond acceptors (Lipinski definition) is 3. The Bertz CT molecular complexity index is 358. The van der Waals surface area contributed by atoms with E-state index in [1.165, 1.54) is 30.5 Å². The predicted molar refractivity (Wildman–Crippen MR) is 79.4 cm³/mol. The van der Waals surface area contributed by atoms with Crippen molar-refractivity contribution >= 4 is 0 Å². The summed E-state index contributed by atoms with van der Waals surface area (Å²) in [4.78, 5) is 2.50. The maximum Gasteiger partial charge on any atom is 0.0589 e. The van der Waals surface area contributed by atoms with Gasteiger partial charge in [-0.05, 0) is 31.9 Å². The van der Waals surface area contributed by atoms with Gasteiger partial charge in [-0.3, -0.25) is 4.90 Å². The maximum atomic E-state index is 5.23. The Hall–Kier alpha value is -0.900. The van der Waals surface area contributed by atoms with Crippen molar-refractivity contribution in [1.82, 2.24) is 10.2 Å². The number of ether oxygens (including phenoxy) is 1. The van der Waals surface area contributed by atoms with Gasteiger partial charge in [0.25, 0.3) is 0 Å². The molecule has 1 fully saturated rings. The van der Waals surface area contributed by atoms with Crippen LogP contribution in [0.4, 0.5) is 0 Å². The molecule has 1 unspecified atom stereocenters. The molecular weight excluding hydrogens is 236 g/mol. The van der Waals surface area contributed by atoms with Crippen molar-refractivity contribution in [3.8, 4) is 0 Å². The zero-order valence-corrected chi connectivity index (χ0v) is 12.2. The second-order valence-corrected chi connectivity index (χ2v) is 5.51. The Kier molecular flexibility index (Phi) is 5.83. The lowest BCUT2D eigenvalue weighted by Gasteiger charge is -2.25. The minimum Gasteiger partial charge on any atom is -0.383 e. The zero-order chi connectivity index (χ0) is 13.5. The van der Waals surface area contributed by atoms with Crippen LogP contribution in [0.1, 0.15) is 24.0 Å². The Balaban J connectivity index is 1.89. The van der Waals surface area contributed by atoms with Gasteiger partial charge in [0, 0.05) is 32.8 Å². The van der Waals surface area contributed by atoms with E-state index >= 15 is 0 Å². The van der Waals surface area contributed by atoms with Gasteiger partial charge in [0.1, 0.15) is 0 Å². The normalized spacial score (nSPS) is 19.2. The van der Waals surface area contributed by atoms with Gasteiger partial charge >= 0.3 is 0 Å². The van der Waals surface area contributed by atoms with Gasteiger partial charge in [-0.1, -0.05) is 29.8 Å². The van der Waals surface area contributed by atoms with E-state index in [2.05, 4.69) is 41.4 Å². The van der Waals surface area contributed by atoms with E-state index in [-0.39, 0.29) is 0 Å². The average Bonchev–Trinajstić information content (AvgIpc) is 2.91. The highest BCUT2D eigenvalue weighted by molar-refractivity contribution is 5.21. The van der Waals surface area contributed by atoms with E-state index in [1.54, 1.807) is 7.11 Å². The highest BCUT2D eigenvalue weighted by atomic mass is 16.5. The fourth-order valence-electron chi connectivity index (χ4n) is 2.63. The molecule has 1 aliphatic heterocycles. The lowest BCUT2D eigenvalue weighted by atomic mass is 10.1. The molecule has 1 aliphatic rings. The molecule has 0 spiro atoms. The van der Waals surface area contributed by atoms with Crippen LogP contribution in [-0.2, 0) is 11.3 Å². The fraction of sp³-hybridized carbons (Fsp3) is 0.625. The topological polar surface area (TPSA) is 24.5 Å². The Morgan fingerprint density at radius 1 is 1.32 bits per heavy atom. The highest BCUT2D eigenvalue weighted by Gasteiger charge is 2.17. The summed E-state index contributed by atoms with van der Waals surface area (Å²) in [5.41, 5.74) is 2.71. The maximum absolute atomic E-state index is 5.23. The van der Waals surface area contributed by atoms with Crippen LogP contribution >= 0.6 is 0 Å². The summed E-state index contributed by atoms with van der Waals surface area (Å²) >= 11 is 0. The number of aryl methyl sites for hydroxylation is 1. The van der Waals surface area contributed by atoms with Gasteiger partial charge < -0.3 is 10.1 Å². The van der Waals surface area contributed by atoms with Crippen LogP contribution < -0.4 is 5.32 Å². The van der Waals surface area contributed by atoms with Crippen molar-refractivity contribution in [3.63, 3.8) is 0 Å². The number of nitrogens with one attached hydrogen (secondary N) is 1. The van der Waals surface area contributed by atoms with Gasteiger partial charge in [-0.25, -0.2) is 0 Å². The van der Waals surface area contributed by atoms with E-state index in [0.717, 1.165) is 26.2 Å². The molecule has 0 bridgehead atoms. The van der Waals surface area contributed by atoms with Gasteiger partial charge in [0.15, 0.2) is 0 Å². The molecule has 1 saturated heterocycles. The summed E-state index contributed by atoms with van der Waals surface area (Å²) in [7, 11) is 1.78. The molecule has 19 heavy (non-hydrogen) atoms. The van der Waals surface area contributed by atoms with Crippen LogP contribution in [0.2, 0.25) is 0 Å². The Labute approximate surface area is 116 Å². The summed E-state index contributed by atoms with van der Waals surface area (Å²) in [6.45, 7) is 7.25. The van der Waals surface area contributed by atoms with Gasteiger partial charge in [-0.15, -0.1) is 0 Å². The number of nitrogens with zero attached hydrogens (tertiary/aromatic N) is 1. The first kappa shape index (κ1) is 14.5. The molecule has 3 nitrogen and oxygen atoms in total. The zero-order valence-electron chi connectivity index (χ0n) is 12.2. The van der Waals surface area contributed by atoms with E-state index in [1.807, 2.05) is 0 Å². The quantitative estimate of drug-likeness (QED) is 0.815. The number of hydrogen-bond donors (Lipinski definition) is 1. The molecule has 2 rings (SSSR count). The van der Waals surface area contributed by atoms with Crippen LogP contribution in [0.3, 0.4) is 0 Å². The largest absolute Gasteiger partial charge is 0.383 e. The third kappa shape index (κ3) is 4.94. The second-order valence-electron chi connectivity index (χ2n) is 5.51. The second kappa shape index (κ2) is 7.63. The van der Waals surface area contributed by atoms with E-state index in [0.29, 0.717) is 6.04 Å². The number of benzene rings is 1. The molecule has 1 N–H and O–H groups in total. The summed E-state index contributed by atoms with van der Waals surface area (Å²) in [5, 5.41) is 3.58. The van der Waals surface area contributed by atoms with Gasteiger partial charge in [0.2, 0.25) is 0 Å². The van der Waals surface area contributed by atoms with E-state index in [4.69, 9.17) is 4.74 Å². The van der Waals surface area contributed by atoms with Crippen molar-refractivity contribution in [3.05, 3.63) is 35.4 Å². The predicted octanol–water partition coefficient (Wildman–Crippen LogP) is 2.20. The first-order chi connectivity index (χ1) is 9.28. The molecule has 106 valence electrons. The minimum absolute atomic E-state index is 0.655. The molecule has 1 aromatic carbocycles. The molecule has 1 heterocycles. The smallest absolute Gasteiger partial charge is 0.0589 e. The molecule has 1 atom stereocenters. The molecule has 3 heteroatoms. The summed E-state index contributed by atoms with van der Waals surface area (Å²) < 4.78 is 5.23. The highest BCUT2D eigenvalue weighted by Crippen LogP contribution is 2.11. The van der Waals surface area contributed by atoms with Crippen LogP contribution in [0.15, 0.2) is 24.3 Å². The van der Waals surface area contributed by atoms with Crippen molar-refractivity contribution in [2.75, 3.05) is 33.4 Å². The monoisotopic (exact) mass is 262 g/mol. The van der Waals surface area contributed by atoms with Gasteiger partial charge in [-0.2, -0.15) is 0 Å². The third-order valence-corrected chi connectivity index (χ3v) is 3.78. The summed E-state index contributed by atoms with van der Waals surface area (Å²) in [5.74, 6) is 0. The van der Waals surface area contributed by atoms with Crippen molar-refractivity contribution in [2.45, 2.75) is 32.4 Å². The average molecular weight is 262 g/mol. The van der Waals surface area contributed by atoms with E-state index < -0.39 is 0 Å². The molecular formula is C16H26N2O. The van der Waals surface area contributed by atoms with Crippen molar-refractivity contribution < 1.29 is 4.74 Å². The Morgan fingerprint density at radius 3 is 2.74 bits per heavy atom. The molecule has 0 saturated carbocycles.